The van der Waals surface area contributed by atoms with E-state index in [1.165, 1.54) is 24.6 Å². The number of thioether (sulfide) groups is 1. The number of hydrogen-bond donors (Lipinski definition) is 1. The Kier molecular flexibility index (Phi) is 4.04. The predicted octanol–water partition coefficient (Wildman–Crippen LogP) is 1.82. The maximum absolute atomic E-state index is 10.6. The highest BCUT2D eigenvalue weighted by Crippen LogP contribution is 2.32. The van der Waals surface area contributed by atoms with Crippen molar-refractivity contribution in [3.8, 4) is 0 Å². The summed E-state index contributed by atoms with van der Waals surface area (Å²) in [7, 11) is 0. The fourth-order valence-corrected chi connectivity index (χ4v) is 2.44. The lowest BCUT2D eigenvalue weighted by Gasteiger charge is -2.07. The van der Waals surface area contributed by atoms with Gasteiger partial charge in [-0.15, -0.1) is 10.2 Å². The summed E-state index contributed by atoms with van der Waals surface area (Å²) in [6, 6.07) is 0. The molecule has 6 heteroatoms. The van der Waals surface area contributed by atoms with Crippen molar-refractivity contribution in [1.29, 1.82) is 0 Å². The Labute approximate surface area is 105 Å². The fraction of sp³-hybridized carbons (Fsp3) is 0.727. The molecule has 0 aliphatic heterocycles. The van der Waals surface area contributed by atoms with E-state index in [1.54, 1.807) is 0 Å². The molecule has 0 radical (unpaired) electrons. The van der Waals surface area contributed by atoms with E-state index in [2.05, 4.69) is 21.7 Å². The maximum atomic E-state index is 10.6. The van der Waals surface area contributed by atoms with Crippen LogP contribution in [0.3, 0.4) is 0 Å². The van der Waals surface area contributed by atoms with Gasteiger partial charge in [0.25, 0.3) is 0 Å². The molecule has 0 amide bonds. The van der Waals surface area contributed by atoms with Crippen LogP contribution in [0.15, 0.2) is 5.16 Å². The summed E-state index contributed by atoms with van der Waals surface area (Å²) >= 11 is 1.25. The van der Waals surface area contributed by atoms with Gasteiger partial charge < -0.3 is 9.67 Å². The lowest BCUT2D eigenvalue weighted by Crippen LogP contribution is -2.07. The van der Waals surface area contributed by atoms with Gasteiger partial charge in [-0.25, -0.2) is 0 Å². The summed E-state index contributed by atoms with van der Waals surface area (Å²) in [5.41, 5.74) is 0. The summed E-state index contributed by atoms with van der Waals surface area (Å²) in [4.78, 5) is 10.6. The number of carbonyl (C=O) groups is 1. The van der Waals surface area contributed by atoms with Gasteiger partial charge in [0.05, 0.1) is 5.75 Å². The minimum atomic E-state index is -0.815. The summed E-state index contributed by atoms with van der Waals surface area (Å²) in [6.45, 7) is 2.98. The van der Waals surface area contributed by atoms with Crippen LogP contribution in [-0.2, 0) is 17.8 Å². The van der Waals surface area contributed by atoms with E-state index < -0.39 is 5.97 Å². The van der Waals surface area contributed by atoms with E-state index in [0.29, 0.717) is 0 Å². The molecule has 0 atom stereocenters. The minimum absolute atomic E-state index is 0.0469. The summed E-state index contributed by atoms with van der Waals surface area (Å²) in [5.74, 6) is 1.02. The third-order valence-electron chi connectivity index (χ3n) is 2.73. The smallest absolute Gasteiger partial charge is 0.313 e. The first-order valence-corrected chi connectivity index (χ1v) is 6.96. The van der Waals surface area contributed by atoms with Gasteiger partial charge in [0.15, 0.2) is 5.16 Å². The molecular formula is C11H17N3O2S. The number of carboxylic acids is 1. The molecule has 1 fully saturated rings. The number of aliphatic carboxylic acids is 1. The quantitative estimate of drug-likeness (QED) is 0.753. The molecule has 1 N–H and O–H groups in total. The first kappa shape index (κ1) is 12.4. The Morgan fingerprint density at radius 3 is 2.88 bits per heavy atom. The van der Waals surface area contributed by atoms with E-state index in [4.69, 9.17) is 5.11 Å². The maximum Gasteiger partial charge on any atom is 0.313 e. The Bertz CT molecular complexity index is 401. The molecule has 0 unspecified atom stereocenters. The third kappa shape index (κ3) is 3.46. The average Bonchev–Trinajstić information content (AvgIpc) is 3.01. The van der Waals surface area contributed by atoms with Gasteiger partial charge in [0, 0.05) is 13.0 Å². The van der Waals surface area contributed by atoms with Crippen LogP contribution in [0, 0.1) is 5.92 Å². The Balaban J connectivity index is 2.06. The zero-order valence-electron chi connectivity index (χ0n) is 9.93. The van der Waals surface area contributed by atoms with E-state index in [-0.39, 0.29) is 5.75 Å². The van der Waals surface area contributed by atoms with E-state index in [1.807, 2.05) is 0 Å². The number of carboxylic acid groups (broad SMARTS) is 1. The molecule has 0 aromatic carbocycles. The zero-order chi connectivity index (χ0) is 12.3. The lowest BCUT2D eigenvalue weighted by molar-refractivity contribution is -0.133. The molecule has 0 bridgehead atoms. The van der Waals surface area contributed by atoms with Crippen LogP contribution in [-0.4, -0.2) is 31.6 Å². The van der Waals surface area contributed by atoms with Gasteiger partial charge in [-0.05, 0) is 25.2 Å². The number of nitrogens with zero attached hydrogens (tertiary/aromatic N) is 3. The lowest BCUT2D eigenvalue weighted by atomic mass is 10.3. The largest absolute Gasteiger partial charge is 0.481 e. The first-order valence-electron chi connectivity index (χ1n) is 5.97. The highest BCUT2D eigenvalue weighted by atomic mass is 32.2. The average molecular weight is 255 g/mol. The standard InChI is InChI=1S/C11H17N3O2S/c1-2-5-14-9(6-8-3-4-8)12-13-11(14)17-7-10(15)16/h8H,2-7H2,1H3,(H,15,16). The second kappa shape index (κ2) is 5.53. The van der Waals surface area contributed by atoms with Gasteiger partial charge in [-0.3, -0.25) is 4.79 Å². The van der Waals surface area contributed by atoms with Crippen molar-refractivity contribution < 1.29 is 9.90 Å². The second-order valence-electron chi connectivity index (χ2n) is 4.38. The molecule has 0 spiro atoms. The van der Waals surface area contributed by atoms with Crippen molar-refractivity contribution >= 4 is 17.7 Å². The van der Waals surface area contributed by atoms with E-state index in [0.717, 1.165) is 36.3 Å². The van der Waals surface area contributed by atoms with Gasteiger partial charge in [0.2, 0.25) is 0 Å². The van der Waals surface area contributed by atoms with Crippen LogP contribution < -0.4 is 0 Å². The molecule has 1 aliphatic carbocycles. The van der Waals surface area contributed by atoms with Crippen molar-refractivity contribution in [2.45, 2.75) is 44.3 Å². The predicted molar refractivity (Wildman–Crippen MR) is 65.1 cm³/mol. The molecule has 1 aromatic heterocycles. The molecule has 1 aliphatic rings. The van der Waals surface area contributed by atoms with Crippen LogP contribution in [0.4, 0.5) is 0 Å². The van der Waals surface area contributed by atoms with Crippen LogP contribution in [0.1, 0.15) is 32.0 Å². The molecule has 1 saturated carbocycles. The minimum Gasteiger partial charge on any atom is -0.481 e. The molecule has 1 aromatic rings. The molecule has 0 saturated heterocycles. The first-order chi connectivity index (χ1) is 8.20. The van der Waals surface area contributed by atoms with Crippen LogP contribution >= 0.6 is 11.8 Å². The monoisotopic (exact) mass is 255 g/mol. The SMILES string of the molecule is CCCn1c(CC2CC2)nnc1SCC(=O)O. The summed E-state index contributed by atoms with van der Waals surface area (Å²) in [6.07, 6.45) is 4.57. The molecule has 5 nitrogen and oxygen atoms in total. The highest BCUT2D eigenvalue weighted by molar-refractivity contribution is 7.99. The molecule has 17 heavy (non-hydrogen) atoms. The van der Waals surface area contributed by atoms with Crippen molar-refractivity contribution in [3.05, 3.63) is 5.82 Å². The molecular weight excluding hydrogens is 238 g/mol. The number of hydrogen-bond acceptors (Lipinski definition) is 4. The van der Waals surface area contributed by atoms with Gasteiger partial charge in [-0.2, -0.15) is 0 Å². The topological polar surface area (TPSA) is 68.0 Å². The van der Waals surface area contributed by atoms with Crippen molar-refractivity contribution in [3.63, 3.8) is 0 Å². The van der Waals surface area contributed by atoms with Crippen LogP contribution in [0.2, 0.25) is 0 Å². The van der Waals surface area contributed by atoms with Crippen LogP contribution in [0.25, 0.3) is 0 Å². The van der Waals surface area contributed by atoms with Gasteiger partial charge in [0.1, 0.15) is 5.82 Å². The van der Waals surface area contributed by atoms with E-state index in [9.17, 15) is 4.79 Å². The van der Waals surface area contributed by atoms with Crippen molar-refractivity contribution in [2.24, 2.45) is 5.92 Å². The van der Waals surface area contributed by atoms with Crippen molar-refractivity contribution in [2.75, 3.05) is 5.75 Å². The van der Waals surface area contributed by atoms with Gasteiger partial charge >= 0.3 is 5.97 Å². The molecule has 94 valence electrons. The second-order valence-corrected chi connectivity index (χ2v) is 5.32. The number of rotatable bonds is 7. The summed E-state index contributed by atoms with van der Waals surface area (Å²) in [5, 5.41) is 17.7. The van der Waals surface area contributed by atoms with Gasteiger partial charge in [-0.1, -0.05) is 18.7 Å². The Morgan fingerprint density at radius 2 is 2.29 bits per heavy atom. The van der Waals surface area contributed by atoms with Crippen LogP contribution in [0.5, 0.6) is 0 Å². The van der Waals surface area contributed by atoms with Crippen molar-refractivity contribution in [1.82, 2.24) is 14.8 Å². The molecule has 2 rings (SSSR count). The Hall–Kier alpha value is -1.04. The van der Waals surface area contributed by atoms with E-state index >= 15 is 0 Å². The molecule has 1 heterocycles. The fourth-order valence-electron chi connectivity index (χ4n) is 1.73. The zero-order valence-corrected chi connectivity index (χ0v) is 10.7. The summed E-state index contributed by atoms with van der Waals surface area (Å²) < 4.78 is 2.08. The third-order valence-corrected chi connectivity index (χ3v) is 3.69. The highest BCUT2D eigenvalue weighted by Gasteiger charge is 2.25. The number of aromatic nitrogens is 3. The Morgan fingerprint density at radius 1 is 1.53 bits per heavy atom. The normalized spacial score (nSPS) is 15.1.